The number of ether oxygens (including phenoxy) is 1. The molecule has 2 aromatic carbocycles. The highest BCUT2D eigenvalue weighted by atomic mass is 16.5. The van der Waals surface area contributed by atoms with Gasteiger partial charge in [-0.3, -0.25) is 4.79 Å². The Hall–Kier alpha value is -2.90. The Labute approximate surface area is 247 Å². The lowest BCUT2D eigenvalue weighted by Crippen LogP contribution is -2.51. The van der Waals surface area contributed by atoms with E-state index in [4.69, 9.17) is 4.74 Å². The van der Waals surface area contributed by atoms with Crippen LogP contribution in [0.1, 0.15) is 75.4 Å². The molecule has 41 heavy (non-hydrogen) atoms. The van der Waals surface area contributed by atoms with Crippen molar-refractivity contribution in [2.45, 2.75) is 71.8 Å². The van der Waals surface area contributed by atoms with Crippen molar-refractivity contribution in [2.75, 3.05) is 57.8 Å². The van der Waals surface area contributed by atoms with Crippen LogP contribution in [0.25, 0.3) is 0 Å². The number of amides is 3. The number of urea groups is 1. The normalized spacial score (nSPS) is 17.5. The summed E-state index contributed by atoms with van der Waals surface area (Å²) in [6.07, 6.45) is 4.16. The minimum atomic E-state index is -0.0817. The van der Waals surface area contributed by atoms with E-state index in [9.17, 15) is 9.59 Å². The fraction of sp³-hybridized carbons (Fsp3) is 0.588. The van der Waals surface area contributed by atoms with Gasteiger partial charge in [-0.15, -0.1) is 0 Å². The predicted octanol–water partition coefficient (Wildman–Crippen LogP) is 6.04. The molecule has 2 saturated heterocycles. The highest BCUT2D eigenvalue weighted by molar-refractivity contribution is 6.04. The first-order valence-corrected chi connectivity index (χ1v) is 15.5. The number of carbonyl (C=O) groups excluding carboxylic acids is 2. The molecule has 3 amide bonds. The van der Waals surface area contributed by atoms with Crippen molar-refractivity contribution in [2.24, 2.45) is 5.92 Å². The number of morpholine rings is 1. The van der Waals surface area contributed by atoms with E-state index in [1.54, 1.807) is 0 Å². The van der Waals surface area contributed by atoms with Gasteiger partial charge in [0.25, 0.3) is 5.91 Å². The molecule has 4 rings (SSSR count). The zero-order valence-electron chi connectivity index (χ0n) is 25.8. The number of rotatable bonds is 9. The second-order valence-corrected chi connectivity index (χ2v) is 12.8. The van der Waals surface area contributed by atoms with E-state index in [0.29, 0.717) is 43.8 Å². The molecule has 1 atom stereocenters. The maximum atomic E-state index is 12.9. The van der Waals surface area contributed by atoms with Gasteiger partial charge in [-0.1, -0.05) is 52.0 Å². The number of likely N-dealkylation sites (tertiary alicyclic amines) is 1. The average molecular weight is 563 g/mol. The van der Waals surface area contributed by atoms with Gasteiger partial charge >= 0.3 is 6.03 Å². The van der Waals surface area contributed by atoms with Crippen molar-refractivity contribution in [3.8, 4) is 0 Å². The van der Waals surface area contributed by atoms with E-state index < -0.39 is 0 Å². The molecule has 2 heterocycles. The topological polar surface area (TPSA) is 65.1 Å². The quantitative estimate of drug-likeness (QED) is 0.405. The number of anilines is 1. The first-order valence-electron chi connectivity index (χ1n) is 15.5. The molecule has 2 aromatic rings. The molecule has 1 N–H and O–H groups in total. The lowest BCUT2D eigenvalue weighted by Gasteiger charge is -2.39. The van der Waals surface area contributed by atoms with Crippen molar-refractivity contribution >= 4 is 17.6 Å². The molecule has 224 valence electrons. The lowest BCUT2D eigenvalue weighted by atomic mass is 9.87. The van der Waals surface area contributed by atoms with Crippen molar-refractivity contribution in [1.29, 1.82) is 0 Å². The summed E-state index contributed by atoms with van der Waals surface area (Å²) in [5.41, 5.74) is 4.01. The Morgan fingerprint density at radius 1 is 1.00 bits per heavy atom. The number of piperidine rings is 1. The second-order valence-electron chi connectivity index (χ2n) is 12.8. The molecule has 0 aliphatic carbocycles. The Morgan fingerprint density at radius 3 is 2.29 bits per heavy atom. The predicted molar refractivity (Wildman–Crippen MR) is 167 cm³/mol. The Morgan fingerprint density at radius 2 is 1.66 bits per heavy atom. The van der Waals surface area contributed by atoms with Crippen LogP contribution in [0.15, 0.2) is 48.5 Å². The number of hydrogen-bond acceptors (Lipinski definition) is 4. The standard InChI is InChI=1S/C34H50N4O3/c1-6-16-38(25-27-14-17-36(18-15-27)33(40)37-19-21-41-22-20-37)26(2)23-28-8-7-9-31(24-28)35-32(39)29-10-12-30(13-11-29)34(3,4)5/h7-13,24,26-27H,6,14-23,25H2,1-5H3,(H,35,39). The van der Waals surface area contributed by atoms with E-state index in [1.807, 2.05) is 46.2 Å². The molecule has 1 unspecified atom stereocenters. The summed E-state index contributed by atoms with van der Waals surface area (Å²) in [7, 11) is 0. The Bertz CT molecular complexity index is 1130. The van der Waals surface area contributed by atoms with Gasteiger partial charge in [-0.2, -0.15) is 0 Å². The van der Waals surface area contributed by atoms with Crippen LogP contribution in [0.5, 0.6) is 0 Å². The molecule has 0 aromatic heterocycles. The van der Waals surface area contributed by atoms with Crippen molar-refractivity contribution in [3.63, 3.8) is 0 Å². The molecular weight excluding hydrogens is 512 g/mol. The Kier molecular flexibility index (Phi) is 10.8. The van der Waals surface area contributed by atoms with Crippen molar-refractivity contribution < 1.29 is 14.3 Å². The average Bonchev–Trinajstić information content (AvgIpc) is 2.97. The third kappa shape index (κ3) is 8.79. The molecule has 0 radical (unpaired) electrons. The summed E-state index contributed by atoms with van der Waals surface area (Å²) in [5.74, 6) is 0.523. The SMILES string of the molecule is CCCN(CC1CCN(C(=O)N2CCOCC2)CC1)C(C)Cc1cccc(NC(=O)c2ccc(C(C)(C)C)cc2)c1. The van der Waals surface area contributed by atoms with Gasteiger partial charge in [0, 0.05) is 50.0 Å². The summed E-state index contributed by atoms with van der Waals surface area (Å²) in [6.45, 7) is 17.6. The molecule has 2 fully saturated rings. The summed E-state index contributed by atoms with van der Waals surface area (Å²) < 4.78 is 5.40. The van der Waals surface area contributed by atoms with Crippen molar-refractivity contribution in [3.05, 3.63) is 65.2 Å². The lowest BCUT2D eigenvalue weighted by molar-refractivity contribution is 0.0386. The molecular formula is C34H50N4O3. The zero-order valence-corrected chi connectivity index (χ0v) is 25.8. The summed E-state index contributed by atoms with van der Waals surface area (Å²) >= 11 is 0. The van der Waals surface area contributed by atoms with Crippen LogP contribution in [0.2, 0.25) is 0 Å². The van der Waals surface area contributed by atoms with E-state index in [0.717, 1.165) is 57.5 Å². The molecule has 7 heteroatoms. The zero-order chi connectivity index (χ0) is 29.4. The third-order valence-corrected chi connectivity index (χ3v) is 8.52. The fourth-order valence-corrected chi connectivity index (χ4v) is 5.94. The van der Waals surface area contributed by atoms with Gasteiger partial charge in [0.2, 0.25) is 0 Å². The van der Waals surface area contributed by atoms with Crippen LogP contribution >= 0.6 is 0 Å². The number of hydrogen-bond donors (Lipinski definition) is 1. The monoisotopic (exact) mass is 562 g/mol. The number of benzene rings is 2. The molecule has 7 nitrogen and oxygen atoms in total. The molecule has 2 aliphatic heterocycles. The Balaban J connectivity index is 1.29. The van der Waals surface area contributed by atoms with E-state index in [1.165, 1.54) is 11.1 Å². The van der Waals surface area contributed by atoms with Gasteiger partial charge < -0.3 is 24.8 Å². The van der Waals surface area contributed by atoms with E-state index in [2.05, 4.69) is 57.0 Å². The third-order valence-electron chi connectivity index (χ3n) is 8.52. The van der Waals surface area contributed by atoms with E-state index in [-0.39, 0.29) is 17.4 Å². The molecule has 0 spiro atoms. The molecule has 2 aliphatic rings. The second kappa shape index (κ2) is 14.3. The maximum Gasteiger partial charge on any atom is 0.320 e. The van der Waals surface area contributed by atoms with E-state index >= 15 is 0 Å². The van der Waals surface area contributed by atoms with Gasteiger partial charge in [-0.25, -0.2) is 4.79 Å². The van der Waals surface area contributed by atoms with Gasteiger partial charge in [-0.05, 0) is 85.9 Å². The van der Waals surface area contributed by atoms with Gasteiger partial charge in [0.05, 0.1) is 13.2 Å². The van der Waals surface area contributed by atoms with Crippen LogP contribution in [0.3, 0.4) is 0 Å². The molecule has 0 bridgehead atoms. The number of carbonyl (C=O) groups is 2. The molecule has 0 saturated carbocycles. The highest BCUT2D eigenvalue weighted by Gasteiger charge is 2.29. The van der Waals surface area contributed by atoms with Crippen LogP contribution in [0, 0.1) is 5.92 Å². The van der Waals surface area contributed by atoms with Gasteiger partial charge in [0.15, 0.2) is 0 Å². The summed E-state index contributed by atoms with van der Waals surface area (Å²) in [5, 5.41) is 3.09. The van der Waals surface area contributed by atoms with Crippen LogP contribution < -0.4 is 5.32 Å². The minimum Gasteiger partial charge on any atom is -0.378 e. The first-order chi connectivity index (χ1) is 19.6. The fourth-order valence-electron chi connectivity index (χ4n) is 5.94. The van der Waals surface area contributed by atoms with Crippen LogP contribution in [-0.4, -0.2) is 85.2 Å². The largest absolute Gasteiger partial charge is 0.378 e. The summed E-state index contributed by atoms with van der Waals surface area (Å²) in [4.78, 5) is 32.4. The van der Waals surface area contributed by atoms with Crippen LogP contribution in [-0.2, 0) is 16.6 Å². The minimum absolute atomic E-state index is 0.0606. The highest BCUT2D eigenvalue weighted by Crippen LogP contribution is 2.24. The first kappa shape index (κ1) is 31.0. The number of nitrogens with zero attached hydrogens (tertiary/aromatic N) is 3. The summed E-state index contributed by atoms with van der Waals surface area (Å²) in [6, 6.07) is 16.7. The smallest absolute Gasteiger partial charge is 0.320 e. The van der Waals surface area contributed by atoms with Crippen LogP contribution in [0.4, 0.5) is 10.5 Å². The van der Waals surface area contributed by atoms with Crippen molar-refractivity contribution in [1.82, 2.24) is 14.7 Å². The maximum absolute atomic E-state index is 12.9. The number of nitrogens with one attached hydrogen (secondary N) is 1. The van der Waals surface area contributed by atoms with Gasteiger partial charge in [0.1, 0.15) is 0 Å².